The molecule has 1 rings (SSSR count). The van der Waals surface area contributed by atoms with Gasteiger partial charge >= 0.3 is 24.2 Å². The zero-order chi connectivity index (χ0) is 12.8. The minimum atomic E-state index is -6.11. The fourth-order valence-electron chi connectivity index (χ4n) is 0.586. The predicted molar refractivity (Wildman–Crippen MR) is 29.2 cm³/mol. The molecule has 1 heterocycles. The van der Waals surface area contributed by atoms with Gasteiger partial charge in [-0.25, -0.2) is 0 Å². The molecule has 0 fully saturated rings. The highest BCUT2D eigenvalue weighted by Gasteiger charge is 2.63. The number of hydrogen-bond acceptors (Lipinski definition) is 3. The summed E-state index contributed by atoms with van der Waals surface area (Å²) < 4.78 is 98.3. The van der Waals surface area contributed by atoms with Gasteiger partial charge in [-0.3, -0.25) is 0 Å². The van der Waals surface area contributed by atoms with Gasteiger partial charge in [0.2, 0.25) is 0 Å². The lowest BCUT2D eigenvalue weighted by atomic mass is 10.3. The van der Waals surface area contributed by atoms with Gasteiger partial charge in [0.15, 0.2) is 0 Å². The molecule has 0 bridgehead atoms. The van der Waals surface area contributed by atoms with Crippen molar-refractivity contribution in [1.29, 1.82) is 0 Å². The highest BCUT2D eigenvalue weighted by molar-refractivity contribution is 4.97. The van der Waals surface area contributed by atoms with Crippen molar-refractivity contribution in [3.05, 3.63) is 11.8 Å². The number of nitrogens with zero attached hydrogens (tertiary/aromatic N) is 2. The molecular weight excluding hydrogens is 256 g/mol. The van der Waals surface area contributed by atoms with Crippen molar-refractivity contribution in [3.8, 4) is 0 Å². The van der Waals surface area contributed by atoms with Crippen molar-refractivity contribution >= 4 is 0 Å². The van der Waals surface area contributed by atoms with Crippen LogP contribution < -0.4 is 0 Å². The van der Waals surface area contributed by atoms with Crippen LogP contribution in [0.1, 0.15) is 11.8 Å². The van der Waals surface area contributed by atoms with Crippen LogP contribution in [0.25, 0.3) is 0 Å². The molecule has 0 unspecified atom stereocenters. The maximum atomic E-state index is 12.4. The lowest BCUT2D eigenvalue weighted by molar-refractivity contribution is -0.298. The van der Waals surface area contributed by atoms with Crippen molar-refractivity contribution in [3.63, 3.8) is 0 Å². The lowest BCUT2D eigenvalue weighted by Gasteiger charge is -2.14. The molecule has 0 aliphatic carbocycles. The maximum absolute atomic E-state index is 12.4. The molecule has 0 saturated heterocycles. The Morgan fingerprint density at radius 3 is 1.50 bits per heavy atom. The van der Waals surface area contributed by atoms with Crippen LogP contribution in [0.4, 0.5) is 35.1 Å². The molecule has 0 N–H and O–H groups in total. The van der Waals surface area contributed by atoms with Crippen LogP contribution in [0, 0.1) is 0 Å². The molecule has 1 aromatic rings. The quantitative estimate of drug-likeness (QED) is 0.725. The Balaban J connectivity index is 3.13. The molecule has 0 aromatic carbocycles. The predicted octanol–water partition coefficient (Wildman–Crippen LogP) is 2.74. The molecule has 0 spiro atoms. The molecule has 3 nitrogen and oxygen atoms in total. The van der Waals surface area contributed by atoms with E-state index in [0.29, 0.717) is 0 Å². The molecule has 92 valence electrons. The van der Waals surface area contributed by atoms with E-state index in [-0.39, 0.29) is 0 Å². The Bertz CT molecular complexity index is 377. The first-order chi connectivity index (χ1) is 6.96. The Labute approximate surface area is 81.1 Å². The van der Waals surface area contributed by atoms with Crippen LogP contribution in [-0.2, 0) is 12.1 Å². The largest absolute Gasteiger partial charge is 0.470 e. The number of rotatable bonds is 1. The zero-order valence-electron chi connectivity index (χ0n) is 6.83. The Kier molecular flexibility index (Phi) is 2.60. The van der Waals surface area contributed by atoms with Crippen LogP contribution in [0.15, 0.2) is 4.42 Å². The summed E-state index contributed by atoms with van der Waals surface area (Å²) in [7, 11) is 0. The van der Waals surface area contributed by atoms with E-state index in [4.69, 9.17) is 0 Å². The number of halogens is 8. The molecule has 11 heteroatoms. The molecule has 0 atom stereocenters. The molecular formula is C5F8N2O. The van der Waals surface area contributed by atoms with Crippen molar-refractivity contribution in [2.45, 2.75) is 18.3 Å². The van der Waals surface area contributed by atoms with E-state index in [1.54, 1.807) is 0 Å². The van der Waals surface area contributed by atoms with E-state index in [1.165, 1.54) is 0 Å². The van der Waals surface area contributed by atoms with E-state index in [2.05, 4.69) is 4.42 Å². The van der Waals surface area contributed by atoms with Gasteiger partial charge in [-0.1, -0.05) is 0 Å². The van der Waals surface area contributed by atoms with E-state index in [9.17, 15) is 35.1 Å². The first-order valence-electron chi connectivity index (χ1n) is 3.32. The molecule has 1 aromatic heterocycles. The van der Waals surface area contributed by atoms with Crippen LogP contribution in [0.5, 0.6) is 0 Å². The highest BCUT2D eigenvalue weighted by Crippen LogP contribution is 2.44. The topological polar surface area (TPSA) is 38.9 Å². The number of alkyl halides is 8. The summed E-state index contributed by atoms with van der Waals surface area (Å²) in [4.78, 5) is 0. The van der Waals surface area contributed by atoms with E-state index >= 15 is 0 Å². The molecule has 0 aliphatic rings. The molecule has 0 radical (unpaired) electrons. The molecule has 0 aliphatic heterocycles. The van der Waals surface area contributed by atoms with Crippen molar-refractivity contribution < 1.29 is 39.5 Å². The van der Waals surface area contributed by atoms with Crippen molar-refractivity contribution in [2.75, 3.05) is 0 Å². The fraction of sp³-hybridized carbons (Fsp3) is 0.600. The second-order valence-corrected chi connectivity index (χ2v) is 2.48. The normalized spacial score (nSPS) is 14.2. The molecule has 16 heavy (non-hydrogen) atoms. The van der Waals surface area contributed by atoms with E-state index in [1.807, 2.05) is 10.2 Å². The Hall–Kier alpha value is -1.42. The van der Waals surface area contributed by atoms with Gasteiger partial charge < -0.3 is 4.42 Å². The van der Waals surface area contributed by atoms with Crippen LogP contribution in [0.3, 0.4) is 0 Å². The van der Waals surface area contributed by atoms with Crippen LogP contribution in [0.2, 0.25) is 0 Å². The second-order valence-electron chi connectivity index (χ2n) is 2.48. The summed E-state index contributed by atoms with van der Waals surface area (Å²) in [5.41, 5.74) is 0. The maximum Gasteiger partial charge on any atom is 0.470 e. The summed E-state index contributed by atoms with van der Waals surface area (Å²) in [6, 6.07) is 0. The van der Waals surface area contributed by atoms with E-state index < -0.39 is 30.1 Å². The first kappa shape index (κ1) is 12.6. The minimum absolute atomic E-state index is 2.01. The highest BCUT2D eigenvalue weighted by atomic mass is 19.4. The average molecular weight is 256 g/mol. The van der Waals surface area contributed by atoms with Crippen LogP contribution in [-0.4, -0.2) is 16.4 Å². The number of aromatic nitrogens is 2. The lowest BCUT2D eigenvalue weighted by Crippen LogP contribution is -2.34. The zero-order valence-corrected chi connectivity index (χ0v) is 6.83. The third-order valence-corrected chi connectivity index (χ3v) is 1.29. The second kappa shape index (κ2) is 3.28. The van der Waals surface area contributed by atoms with Gasteiger partial charge in [0.1, 0.15) is 0 Å². The third-order valence-electron chi connectivity index (χ3n) is 1.29. The first-order valence-corrected chi connectivity index (χ1v) is 3.32. The van der Waals surface area contributed by atoms with Gasteiger partial charge in [0, 0.05) is 0 Å². The fourth-order valence-corrected chi connectivity index (χ4v) is 0.586. The SMILES string of the molecule is FC(F)(F)c1nnc(C(F)(F)C(F)(F)F)o1. The Morgan fingerprint density at radius 1 is 0.750 bits per heavy atom. The smallest absolute Gasteiger partial charge is 0.411 e. The summed E-state index contributed by atoms with van der Waals surface area (Å²) in [5.74, 6) is -10.3. The van der Waals surface area contributed by atoms with Gasteiger partial charge in [0.25, 0.3) is 5.89 Å². The summed E-state index contributed by atoms with van der Waals surface area (Å²) in [6.07, 6.45) is -11.4. The van der Waals surface area contributed by atoms with Gasteiger partial charge in [0.05, 0.1) is 0 Å². The average Bonchev–Trinajstić information content (AvgIpc) is 2.47. The van der Waals surface area contributed by atoms with Crippen molar-refractivity contribution in [1.82, 2.24) is 10.2 Å². The van der Waals surface area contributed by atoms with Gasteiger partial charge in [-0.2, -0.15) is 35.1 Å². The summed E-state index contributed by atoms with van der Waals surface area (Å²) >= 11 is 0. The summed E-state index contributed by atoms with van der Waals surface area (Å²) in [5, 5.41) is 4.06. The van der Waals surface area contributed by atoms with E-state index in [0.717, 1.165) is 0 Å². The monoisotopic (exact) mass is 256 g/mol. The molecule has 0 amide bonds. The molecule has 0 saturated carbocycles. The summed E-state index contributed by atoms with van der Waals surface area (Å²) in [6.45, 7) is 0. The minimum Gasteiger partial charge on any atom is -0.411 e. The van der Waals surface area contributed by atoms with Crippen LogP contribution >= 0.6 is 0 Å². The third kappa shape index (κ3) is 2.07. The van der Waals surface area contributed by atoms with Gasteiger partial charge in [-0.05, 0) is 0 Å². The van der Waals surface area contributed by atoms with Crippen molar-refractivity contribution in [2.24, 2.45) is 0 Å². The standard InChI is InChI=1S/C5F8N2O/c6-3(7,5(11,12)13)1-14-15-2(16-1)4(8,9)10. The number of hydrogen-bond donors (Lipinski definition) is 0. The Morgan fingerprint density at radius 2 is 1.19 bits per heavy atom. The van der Waals surface area contributed by atoms with Gasteiger partial charge in [-0.15, -0.1) is 10.2 Å².